The van der Waals surface area contributed by atoms with E-state index in [-0.39, 0.29) is 23.9 Å². The summed E-state index contributed by atoms with van der Waals surface area (Å²) in [5.74, 6) is 1.44. The van der Waals surface area contributed by atoms with Crippen molar-refractivity contribution in [3.8, 4) is 0 Å². The second kappa shape index (κ2) is 10.9. The number of nitrogens with zero attached hydrogens (tertiary/aromatic N) is 1. The minimum Gasteiger partial charge on any atom is -0.354 e. The minimum atomic E-state index is 0. The van der Waals surface area contributed by atoms with Crippen molar-refractivity contribution in [2.24, 2.45) is 11.8 Å². The Bertz CT molecular complexity index is 413. The summed E-state index contributed by atoms with van der Waals surface area (Å²) < 4.78 is 0. The van der Waals surface area contributed by atoms with Crippen LogP contribution in [0, 0.1) is 11.8 Å². The molecule has 0 aromatic carbocycles. The molecule has 1 aliphatic carbocycles. The van der Waals surface area contributed by atoms with Crippen LogP contribution in [0.1, 0.15) is 77.6 Å². The highest BCUT2D eigenvalue weighted by Crippen LogP contribution is 2.35. The third-order valence-corrected chi connectivity index (χ3v) is 7.07. The lowest BCUT2D eigenvalue weighted by Crippen LogP contribution is -2.58. The van der Waals surface area contributed by atoms with E-state index in [0.29, 0.717) is 18.3 Å². The predicted octanol–water partition coefficient (Wildman–Crippen LogP) is 3.74. The summed E-state index contributed by atoms with van der Waals surface area (Å²) >= 11 is 0. The van der Waals surface area contributed by atoms with E-state index in [1.54, 1.807) is 0 Å². The number of rotatable bonds is 6. The summed E-state index contributed by atoms with van der Waals surface area (Å²) in [6.45, 7) is 7.85. The van der Waals surface area contributed by atoms with Gasteiger partial charge in [0.25, 0.3) is 0 Å². The van der Waals surface area contributed by atoms with Gasteiger partial charge in [-0.05, 0) is 76.5 Å². The third-order valence-electron chi connectivity index (χ3n) is 7.07. The molecule has 3 rings (SSSR count). The maximum atomic E-state index is 12.6. The van der Waals surface area contributed by atoms with Crippen molar-refractivity contribution >= 4 is 18.3 Å². The summed E-state index contributed by atoms with van der Waals surface area (Å²) in [6, 6.07) is 0. The molecular formula is C21H40ClN3O. The Hall–Kier alpha value is -0.320. The Morgan fingerprint density at radius 3 is 2.46 bits per heavy atom. The lowest BCUT2D eigenvalue weighted by molar-refractivity contribution is -0.123. The van der Waals surface area contributed by atoms with Gasteiger partial charge in [0.1, 0.15) is 0 Å². The van der Waals surface area contributed by atoms with Gasteiger partial charge in [0.2, 0.25) is 5.91 Å². The van der Waals surface area contributed by atoms with Crippen molar-refractivity contribution in [1.29, 1.82) is 0 Å². The van der Waals surface area contributed by atoms with E-state index < -0.39 is 0 Å². The molecule has 5 heteroatoms. The van der Waals surface area contributed by atoms with Gasteiger partial charge in [-0.25, -0.2) is 0 Å². The van der Waals surface area contributed by atoms with E-state index in [1.807, 2.05) is 0 Å². The van der Waals surface area contributed by atoms with Crippen LogP contribution in [0.5, 0.6) is 0 Å². The number of hydrogen-bond donors (Lipinski definition) is 2. The Kier molecular flexibility index (Phi) is 9.19. The van der Waals surface area contributed by atoms with E-state index in [1.165, 1.54) is 77.3 Å². The highest BCUT2D eigenvalue weighted by molar-refractivity contribution is 5.85. The van der Waals surface area contributed by atoms with Crippen LogP contribution in [-0.4, -0.2) is 49.1 Å². The van der Waals surface area contributed by atoms with Crippen LogP contribution in [0.25, 0.3) is 0 Å². The van der Waals surface area contributed by atoms with Gasteiger partial charge in [0.15, 0.2) is 0 Å². The number of nitrogens with one attached hydrogen (secondary N) is 2. The molecule has 2 N–H and O–H groups in total. The molecule has 0 radical (unpaired) electrons. The van der Waals surface area contributed by atoms with Gasteiger partial charge >= 0.3 is 0 Å². The lowest BCUT2D eigenvalue weighted by atomic mass is 9.79. The number of hydrogen-bond acceptors (Lipinski definition) is 3. The van der Waals surface area contributed by atoms with Gasteiger partial charge in [0, 0.05) is 18.5 Å². The molecule has 2 saturated heterocycles. The topological polar surface area (TPSA) is 44.4 Å². The molecule has 0 aromatic rings. The molecule has 1 amide bonds. The van der Waals surface area contributed by atoms with Gasteiger partial charge in [-0.1, -0.05) is 32.6 Å². The van der Waals surface area contributed by atoms with Crippen LogP contribution in [0.4, 0.5) is 0 Å². The largest absolute Gasteiger partial charge is 0.354 e. The molecule has 4 nitrogen and oxygen atoms in total. The fourth-order valence-electron chi connectivity index (χ4n) is 5.34. The third kappa shape index (κ3) is 5.84. The standard InChI is InChI=1S/C21H39N3O.ClH/c1-18(19-9-8-12-22-16-19)15-20(25)23-17-21(10-4-2-5-11-21)24-13-6-3-7-14-24;/h18-19,22H,2-17H2,1H3,(H,23,25);1H. The first-order valence-electron chi connectivity index (χ1n) is 10.9. The van der Waals surface area contributed by atoms with Crippen LogP contribution < -0.4 is 10.6 Å². The molecule has 3 fully saturated rings. The summed E-state index contributed by atoms with van der Waals surface area (Å²) in [4.78, 5) is 15.3. The zero-order valence-electron chi connectivity index (χ0n) is 16.7. The number of carbonyl (C=O) groups is 1. The maximum Gasteiger partial charge on any atom is 0.220 e. The molecule has 0 bridgehead atoms. The first-order valence-corrected chi connectivity index (χ1v) is 10.9. The fourth-order valence-corrected chi connectivity index (χ4v) is 5.34. The molecule has 0 aromatic heterocycles. The van der Waals surface area contributed by atoms with Crippen molar-refractivity contribution in [3.05, 3.63) is 0 Å². The monoisotopic (exact) mass is 385 g/mol. The molecule has 2 heterocycles. The number of likely N-dealkylation sites (tertiary alicyclic amines) is 1. The second-order valence-corrected chi connectivity index (χ2v) is 8.90. The van der Waals surface area contributed by atoms with Gasteiger partial charge in [0.05, 0.1) is 0 Å². The summed E-state index contributed by atoms with van der Waals surface area (Å²) in [5.41, 5.74) is 0.254. The van der Waals surface area contributed by atoms with Crippen LogP contribution >= 0.6 is 12.4 Å². The maximum absolute atomic E-state index is 12.6. The van der Waals surface area contributed by atoms with E-state index >= 15 is 0 Å². The zero-order chi connectivity index (χ0) is 17.5. The number of amides is 1. The molecular weight excluding hydrogens is 346 g/mol. The van der Waals surface area contributed by atoms with Crippen molar-refractivity contribution in [2.75, 3.05) is 32.7 Å². The van der Waals surface area contributed by atoms with Gasteiger partial charge in [-0.3, -0.25) is 9.69 Å². The normalized spacial score (nSPS) is 28.0. The van der Waals surface area contributed by atoms with E-state index in [4.69, 9.17) is 0 Å². The number of halogens is 1. The smallest absolute Gasteiger partial charge is 0.220 e. The van der Waals surface area contributed by atoms with Crippen LogP contribution in [-0.2, 0) is 4.79 Å². The van der Waals surface area contributed by atoms with Crippen molar-refractivity contribution in [3.63, 3.8) is 0 Å². The van der Waals surface area contributed by atoms with Gasteiger partial charge < -0.3 is 10.6 Å². The van der Waals surface area contributed by atoms with Crippen molar-refractivity contribution in [1.82, 2.24) is 15.5 Å². The summed E-state index contributed by atoms with van der Waals surface area (Å²) in [6.07, 6.45) is 13.9. The minimum absolute atomic E-state index is 0. The predicted molar refractivity (Wildman–Crippen MR) is 111 cm³/mol. The highest BCUT2D eigenvalue weighted by Gasteiger charge is 2.38. The first-order chi connectivity index (χ1) is 12.2. The Labute approximate surface area is 166 Å². The average Bonchev–Trinajstić information content (AvgIpc) is 2.68. The zero-order valence-corrected chi connectivity index (χ0v) is 17.5. The van der Waals surface area contributed by atoms with Crippen LogP contribution in [0.2, 0.25) is 0 Å². The lowest BCUT2D eigenvalue weighted by Gasteiger charge is -2.48. The molecule has 2 unspecified atom stereocenters. The van der Waals surface area contributed by atoms with Crippen LogP contribution in [0.3, 0.4) is 0 Å². The fraction of sp³-hybridized carbons (Fsp3) is 0.952. The van der Waals surface area contributed by atoms with E-state index in [0.717, 1.165) is 19.6 Å². The Morgan fingerprint density at radius 1 is 1.12 bits per heavy atom. The van der Waals surface area contributed by atoms with E-state index in [2.05, 4.69) is 22.5 Å². The Balaban J connectivity index is 0.00000243. The number of piperidine rings is 2. The number of carbonyl (C=O) groups excluding carboxylic acids is 1. The van der Waals surface area contributed by atoms with Gasteiger partial charge in [-0.2, -0.15) is 0 Å². The second-order valence-electron chi connectivity index (χ2n) is 8.90. The molecule has 26 heavy (non-hydrogen) atoms. The van der Waals surface area contributed by atoms with Crippen LogP contribution in [0.15, 0.2) is 0 Å². The highest BCUT2D eigenvalue weighted by atomic mass is 35.5. The average molecular weight is 386 g/mol. The molecule has 2 aliphatic heterocycles. The first kappa shape index (κ1) is 22.0. The van der Waals surface area contributed by atoms with E-state index in [9.17, 15) is 4.79 Å². The molecule has 152 valence electrons. The molecule has 1 saturated carbocycles. The van der Waals surface area contributed by atoms with Crippen molar-refractivity contribution in [2.45, 2.75) is 83.1 Å². The van der Waals surface area contributed by atoms with Crippen molar-refractivity contribution < 1.29 is 4.79 Å². The molecule has 2 atom stereocenters. The molecule has 3 aliphatic rings. The van der Waals surface area contributed by atoms with Gasteiger partial charge in [-0.15, -0.1) is 12.4 Å². The quantitative estimate of drug-likeness (QED) is 0.732. The summed E-state index contributed by atoms with van der Waals surface area (Å²) in [5, 5.41) is 6.84. The summed E-state index contributed by atoms with van der Waals surface area (Å²) in [7, 11) is 0. The molecule has 0 spiro atoms. The SMILES string of the molecule is CC(CC(=O)NCC1(N2CCCCC2)CCCCC1)C1CCCNC1.Cl. The Morgan fingerprint density at radius 2 is 1.81 bits per heavy atom.